The predicted molar refractivity (Wildman–Crippen MR) is 71.6 cm³/mol. The lowest BCUT2D eigenvalue weighted by molar-refractivity contribution is -0.133. The number of carbonyl (C=O) groups is 1. The predicted octanol–water partition coefficient (Wildman–Crippen LogP) is 2.16. The van der Waals surface area contributed by atoms with Gasteiger partial charge in [0, 0.05) is 12.8 Å². The zero-order chi connectivity index (χ0) is 13.9. The van der Waals surface area contributed by atoms with Crippen molar-refractivity contribution in [1.29, 1.82) is 0 Å². The molecule has 0 atom stereocenters. The number of benzene rings is 1. The maximum Gasteiger partial charge on any atom is 0.256 e. The average Bonchev–Trinajstić information content (AvgIpc) is 2.32. The van der Waals surface area contributed by atoms with Crippen molar-refractivity contribution in [1.82, 2.24) is 0 Å². The lowest BCUT2D eigenvalue weighted by Gasteiger charge is -2.22. The molecule has 0 aliphatic heterocycles. The molecule has 4 heteroatoms. The van der Waals surface area contributed by atoms with Gasteiger partial charge in [-0.1, -0.05) is 6.07 Å². The molecule has 0 saturated heterocycles. The largest absolute Gasteiger partial charge is 0.392 e. The van der Waals surface area contributed by atoms with Crippen molar-refractivity contribution in [3.63, 3.8) is 0 Å². The monoisotopic (exact) mass is 251 g/mol. The van der Waals surface area contributed by atoms with Gasteiger partial charge in [0.2, 0.25) is 0 Å². The molecule has 0 fully saturated rings. The fourth-order valence-electron chi connectivity index (χ4n) is 1.57. The summed E-state index contributed by atoms with van der Waals surface area (Å²) < 4.78 is 5.13. The topological polar surface area (TPSA) is 58.6 Å². The Hall–Kier alpha value is -1.39. The van der Waals surface area contributed by atoms with Gasteiger partial charge in [-0.2, -0.15) is 0 Å². The Balaban J connectivity index is 3.01. The molecule has 2 N–H and O–H groups in total. The molecule has 0 aliphatic carbocycles. The minimum atomic E-state index is -0.878. The van der Waals surface area contributed by atoms with E-state index in [1.807, 2.05) is 19.9 Å². The summed E-state index contributed by atoms with van der Waals surface area (Å²) in [6.07, 6.45) is 0. The first-order valence-corrected chi connectivity index (χ1v) is 5.89. The molecule has 0 bridgehead atoms. The van der Waals surface area contributed by atoms with Crippen LogP contribution in [0.4, 0.5) is 5.69 Å². The summed E-state index contributed by atoms with van der Waals surface area (Å²) in [5, 5.41) is 12.1. The van der Waals surface area contributed by atoms with E-state index in [4.69, 9.17) is 4.74 Å². The van der Waals surface area contributed by atoms with Crippen LogP contribution in [-0.2, 0) is 16.1 Å². The number of anilines is 1. The minimum Gasteiger partial charge on any atom is -0.392 e. The van der Waals surface area contributed by atoms with Crippen LogP contribution in [0.5, 0.6) is 0 Å². The van der Waals surface area contributed by atoms with Crippen LogP contribution in [-0.4, -0.2) is 23.7 Å². The molecule has 18 heavy (non-hydrogen) atoms. The van der Waals surface area contributed by atoms with Gasteiger partial charge in [0.1, 0.15) is 5.60 Å². The first-order valence-electron chi connectivity index (χ1n) is 5.89. The highest BCUT2D eigenvalue weighted by Gasteiger charge is 2.27. The molecule has 0 aliphatic rings. The molecule has 0 radical (unpaired) electrons. The standard InChI is InChI=1S/C14H21NO3/c1-9-6-10(2)12(7-11(9)8-16)15-13(17)14(3,4)18-5/h6-7,16H,8H2,1-5H3,(H,15,17). The van der Waals surface area contributed by atoms with E-state index >= 15 is 0 Å². The molecule has 1 aromatic carbocycles. The third-order valence-corrected chi connectivity index (χ3v) is 3.16. The van der Waals surface area contributed by atoms with Gasteiger partial charge in [-0.15, -0.1) is 0 Å². The summed E-state index contributed by atoms with van der Waals surface area (Å²) in [7, 11) is 1.50. The molecule has 1 rings (SSSR count). The molecule has 0 heterocycles. The molecule has 0 saturated carbocycles. The Labute approximate surface area is 108 Å². The Morgan fingerprint density at radius 3 is 2.44 bits per heavy atom. The van der Waals surface area contributed by atoms with E-state index in [9.17, 15) is 9.90 Å². The van der Waals surface area contributed by atoms with Crippen LogP contribution >= 0.6 is 0 Å². The molecular formula is C14H21NO3. The van der Waals surface area contributed by atoms with E-state index in [2.05, 4.69) is 5.32 Å². The number of aryl methyl sites for hydroxylation is 2. The van der Waals surface area contributed by atoms with Crippen molar-refractivity contribution in [2.24, 2.45) is 0 Å². The summed E-state index contributed by atoms with van der Waals surface area (Å²) in [5.74, 6) is -0.208. The molecule has 4 nitrogen and oxygen atoms in total. The number of methoxy groups -OCH3 is 1. The summed E-state index contributed by atoms with van der Waals surface area (Å²) in [5.41, 5.74) is 2.62. The number of aliphatic hydroxyl groups excluding tert-OH is 1. The van der Waals surface area contributed by atoms with Crippen LogP contribution < -0.4 is 5.32 Å². The lowest BCUT2D eigenvalue weighted by atomic mass is 10.0. The molecule has 1 amide bonds. The maximum absolute atomic E-state index is 12.0. The highest BCUT2D eigenvalue weighted by atomic mass is 16.5. The lowest BCUT2D eigenvalue weighted by Crippen LogP contribution is -2.39. The van der Waals surface area contributed by atoms with Gasteiger partial charge in [-0.05, 0) is 50.5 Å². The van der Waals surface area contributed by atoms with Crippen LogP contribution in [0.2, 0.25) is 0 Å². The molecule has 100 valence electrons. The Bertz CT molecular complexity index is 453. The van der Waals surface area contributed by atoms with Gasteiger partial charge in [0.15, 0.2) is 0 Å². The third kappa shape index (κ3) is 3.09. The Kier molecular flexibility index (Phi) is 4.48. The first kappa shape index (κ1) is 14.7. The number of carbonyl (C=O) groups excluding carboxylic acids is 1. The summed E-state index contributed by atoms with van der Waals surface area (Å²) in [4.78, 5) is 12.0. The van der Waals surface area contributed by atoms with Crippen molar-refractivity contribution < 1.29 is 14.6 Å². The number of rotatable bonds is 4. The molecular weight excluding hydrogens is 230 g/mol. The van der Waals surface area contributed by atoms with Crippen LogP contribution in [0.3, 0.4) is 0 Å². The fourth-order valence-corrected chi connectivity index (χ4v) is 1.57. The highest BCUT2D eigenvalue weighted by Crippen LogP contribution is 2.22. The van der Waals surface area contributed by atoms with E-state index in [0.29, 0.717) is 5.69 Å². The van der Waals surface area contributed by atoms with Gasteiger partial charge < -0.3 is 15.2 Å². The smallest absolute Gasteiger partial charge is 0.256 e. The molecule has 0 unspecified atom stereocenters. The number of amides is 1. The SMILES string of the molecule is COC(C)(C)C(=O)Nc1cc(CO)c(C)cc1C. The van der Waals surface area contributed by atoms with Gasteiger partial charge in [-0.25, -0.2) is 0 Å². The van der Waals surface area contributed by atoms with E-state index in [1.54, 1.807) is 19.9 Å². The van der Waals surface area contributed by atoms with Crippen LogP contribution in [0.15, 0.2) is 12.1 Å². The second kappa shape index (κ2) is 5.50. The number of aliphatic hydroxyl groups is 1. The minimum absolute atomic E-state index is 0.0390. The first-order chi connectivity index (χ1) is 8.31. The molecule has 0 aromatic heterocycles. The van der Waals surface area contributed by atoms with Gasteiger partial charge >= 0.3 is 0 Å². The van der Waals surface area contributed by atoms with E-state index in [0.717, 1.165) is 16.7 Å². The van der Waals surface area contributed by atoms with Crippen molar-refractivity contribution in [3.8, 4) is 0 Å². The van der Waals surface area contributed by atoms with Crippen LogP contribution in [0.25, 0.3) is 0 Å². The number of hydrogen-bond donors (Lipinski definition) is 2. The third-order valence-electron chi connectivity index (χ3n) is 3.16. The Morgan fingerprint density at radius 2 is 1.94 bits per heavy atom. The van der Waals surface area contributed by atoms with Gasteiger partial charge in [-0.3, -0.25) is 4.79 Å². The molecule has 0 spiro atoms. The average molecular weight is 251 g/mol. The highest BCUT2D eigenvalue weighted by molar-refractivity contribution is 5.97. The number of ether oxygens (including phenoxy) is 1. The summed E-state index contributed by atoms with van der Waals surface area (Å²) in [6.45, 7) is 7.23. The van der Waals surface area contributed by atoms with Crippen LogP contribution in [0, 0.1) is 13.8 Å². The van der Waals surface area contributed by atoms with E-state index < -0.39 is 5.60 Å². The van der Waals surface area contributed by atoms with Crippen molar-refractivity contribution >= 4 is 11.6 Å². The number of nitrogens with one attached hydrogen (secondary N) is 1. The zero-order valence-electron chi connectivity index (χ0n) is 11.6. The second-order valence-electron chi connectivity index (χ2n) is 4.92. The van der Waals surface area contributed by atoms with Crippen molar-refractivity contribution in [2.45, 2.75) is 39.9 Å². The zero-order valence-corrected chi connectivity index (χ0v) is 11.6. The summed E-state index contributed by atoms with van der Waals surface area (Å²) in [6, 6.07) is 3.75. The van der Waals surface area contributed by atoms with Crippen molar-refractivity contribution in [2.75, 3.05) is 12.4 Å². The molecule has 1 aromatic rings. The number of hydrogen-bond acceptors (Lipinski definition) is 3. The maximum atomic E-state index is 12.0. The quantitative estimate of drug-likeness (QED) is 0.862. The van der Waals surface area contributed by atoms with Gasteiger partial charge in [0.05, 0.1) is 6.61 Å². The van der Waals surface area contributed by atoms with Crippen molar-refractivity contribution in [3.05, 3.63) is 28.8 Å². The summed E-state index contributed by atoms with van der Waals surface area (Å²) >= 11 is 0. The fraction of sp³-hybridized carbons (Fsp3) is 0.500. The van der Waals surface area contributed by atoms with E-state index in [1.165, 1.54) is 7.11 Å². The van der Waals surface area contributed by atoms with Crippen LogP contribution in [0.1, 0.15) is 30.5 Å². The Morgan fingerprint density at radius 1 is 1.33 bits per heavy atom. The van der Waals surface area contributed by atoms with Gasteiger partial charge in [0.25, 0.3) is 5.91 Å². The second-order valence-corrected chi connectivity index (χ2v) is 4.92. The normalized spacial score (nSPS) is 11.4. The van der Waals surface area contributed by atoms with E-state index in [-0.39, 0.29) is 12.5 Å².